The number of likely N-dealkylation sites (N-methyl/N-ethyl adjacent to an activating group) is 1. The quantitative estimate of drug-likeness (QED) is 0.670. The molecule has 0 radical (unpaired) electrons. The van der Waals surface area contributed by atoms with E-state index in [0.29, 0.717) is 34.3 Å². The van der Waals surface area contributed by atoms with Gasteiger partial charge in [0.1, 0.15) is 5.82 Å². The zero-order valence-corrected chi connectivity index (χ0v) is 17.8. The molecule has 29 heavy (non-hydrogen) atoms. The first-order chi connectivity index (χ1) is 13.8. The average Bonchev–Trinajstić information content (AvgIpc) is 3.03. The van der Waals surface area contributed by atoms with E-state index >= 15 is 0 Å². The molecule has 2 aromatic heterocycles. The third-order valence-electron chi connectivity index (χ3n) is 5.37. The van der Waals surface area contributed by atoms with Crippen LogP contribution >= 0.6 is 23.2 Å². The lowest BCUT2D eigenvalue weighted by Gasteiger charge is -2.32. The van der Waals surface area contributed by atoms with Gasteiger partial charge in [-0.15, -0.1) is 0 Å². The lowest BCUT2D eigenvalue weighted by Crippen LogP contribution is -2.44. The van der Waals surface area contributed by atoms with Gasteiger partial charge in [0.05, 0.1) is 16.6 Å². The molecule has 1 aliphatic rings. The number of benzene rings is 1. The molecule has 0 atom stereocenters. The van der Waals surface area contributed by atoms with Gasteiger partial charge in [-0.1, -0.05) is 29.3 Å². The third-order valence-corrected chi connectivity index (χ3v) is 6.11. The molecular weight excluding hydrogens is 415 g/mol. The molecule has 1 saturated heterocycles. The third kappa shape index (κ3) is 3.98. The van der Waals surface area contributed by atoms with Gasteiger partial charge >= 0.3 is 5.69 Å². The number of hydrogen-bond acceptors (Lipinski definition) is 5. The standard InChI is InChI=1S/C19H22Cl2N6O2/c1-24-5-7-26(8-6-24)11-15-22-17-16(18(28)23-19(29)25(17)2)27(15)10-12-3-4-13(20)14(21)9-12/h3-4,9H,5-8,10-11H2,1-2H3,(H,23,28,29). The van der Waals surface area contributed by atoms with Crippen LogP contribution in [0.2, 0.25) is 10.0 Å². The summed E-state index contributed by atoms with van der Waals surface area (Å²) in [5.41, 5.74) is 0.727. The number of imidazole rings is 1. The molecule has 0 saturated carbocycles. The van der Waals surface area contributed by atoms with E-state index in [2.05, 4.69) is 26.8 Å². The highest BCUT2D eigenvalue weighted by atomic mass is 35.5. The summed E-state index contributed by atoms with van der Waals surface area (Å²) >= 11 is 12.2. The summed E-state index contributed by atoms with van der Waals surface area (Å²) in [6, 6.07) is 5.39. The normalized spacial score (nSPS) is 16.0. The van der Waals surface area contributed by atoms with Gasteiger partial charge < -0.3 is 9.47 Å². The summed E-state index contributed by atoms with van der Waals surface area (Å²) in [4.78, 5) is 36.3. The number of hydrogen-bond donors (Lipinski definition) is 1. The van der Waals surface area contributed by atoms with Crippen molar-refractivity contribution in [3.63, 3.8) is 0 Å². The zero-order valence-electron chi connectivity index (χ0n) is 16.3. The molecule has 154 valence electrons. The van der Waals surface area contributed by atoms with Crippen LogP contribution in [0.4, 0.5) is 0 Å². The average molecular weight is 437 g/mol. The number of nitrogens with one attached hydrogen (secondary N) is 1. The summed E-state index contributed by atoms with van der Waals surface area (Å²) in [7, 11) is 3.71. The zero-order chi connectivity index (χ0) is 20.7. The van der Waals surface area contributed by atoms with E-state index in [0.717, 1.165) is 37.6 Å². The summed E-state index contributed by atoms with van der Waals surface area (Å²) in [6.07, 6.45) is 0. The van der Waals surface area contributed by atoms with E-state index in [-0.39, 0.29) is 0 Å². The predicted molar refractivity (Wildman–Crippen MR) is 114 cm³/mol. The van der Waals surface area contributed by atoms with Gasteiger partial charge in [-0.05, 0) is 24.7 Å². The fourth-order valence-corrected chi connectivity index (χ4v) is 3.92. The van der Waals surface area contributed by atoms with Crippen molar-refractivity contribution in [3.8, 4) is 0 Å². The number of nitrogens with zero attached hydrogens (tertiary/aromatic N) is 5. The summed E-state index contributed by atoms with van der Waals surface area (Å²) in [5.74, 6) is 0.738. The van der Waals surface area contributed by atoms with Crippen LogP contribution in [-0.2, 0) is 20.1 Å². The SMILES string of the molecule is CN1CCN(Cc2nc3c(c(=O)[nH]c(=O)n3C)n2Cc2ccc(Cl)c(Cl)c2)CC1. The lowest BCUT2D eigenvalue weighted by molar-refractivity contribution is 0.144. The monoisotopic (exact) mass is 436 g/mol. The van der Waals surface area contributed by atoms with Crippen LogP contribution in [0.25, 0.3) is 11.2 Å². The van der Waals surface area contributed by atoms with Crippen molar-refractivity contribution in [1.82, 2.24) is 28.9 Å². The molecule has 1 aromatic carbocycles. The second-order valence-corrected chi connectivity index (χ2v) is 8.25. The van der Waals surface area contributed by atoms with Crippen LogP contribution in [0.5, 0.6) is 0 Å². The summed E-state index contributed by atoms with van der Waals surface area (Å²) in [5, 5.41) is 0.930. The number of fused-ring (bicyclic) bond motifs is 1. The highest BCUT2D eigenvalue weighted by Gasteiger charge is 2.21. The van der Waals surface area contributed by atoms with Gasteiger partial charge in [0.15, 0.2) is 11.2 Å². The van der Waals surface area contributed by atoms with Gasteiger partial charge in [0.25, 0.3) is 5.56 Å². The number of halogens is 2. The largest absolute Gasteiger partial charge is 0.329 e. The van der Waals surface area contributed by atoms with E-state index in [1.165, 1.54) is 4.57 Å². The number of aromatic nitrogens is 4. The number of piperazine rings is 1. The first kappa shape index (κ1) is 20.2. The molecule has 8 nitrogen and oxygen atoms in total. The van der Waals surface area contributed by atoms with Crippen LogP contribution in [0.3, 0.4) is 0 Å². The molecule has 0 aliphatic carbocycles. The van der Waals surface area contributed by atoms with E-state index < -0.39 is 11.2 Å². The number of aryl methyl sites for hydroxylation is 1. The maximum Gasteiger partial charge on any atom is 0.329 e. The second kappa shape index (κ2) is 7.95. The van der Waals surface area contributed by atoms with E-state index in [1.54, 1.807) is 19.2 Å². The Balaban J connectivity index is 1.80. The highest BCUT2D eigenvalue weighted by molar-refractivity contribution is 6.42. The van der Waals surface area contributed by atoms with E-state index in [9.17, 15) is 9.59 Å². The van der Waals surface area contributed by atoms with Gasteiger partial charge in [-0.25, -0.2) is 9.78 Å². The molecule has 1 aliphatic heterocycles. The van der Waals surface area contributed by atoms with Crippen molar-refractivity contribution in [2.75, 3.05) is 33.2 Å². The Labute approximate surface area is 177 Å². The Morgan fingerprint density at radius 1 is 1.03 bits per heavy atom. The van der Waals surface area contributed by atoms with Crippen LogP contribution in [-0.4, -0.2) is 62.1 Å². The number of H-pyrrole nitrogens is 1. The molecule has 0 spiro atoms. The number of rotatable bonds is 4. The van der Waals surface area contributed by atoms with Crippen LogP contribution in [0.15, 0.2) is 27.8 Å². The van der Waals surface area contributed by atoms with Crippen molar-refractivity contribution < 1.29 is 0 Å². The number of aromatic amines is 1. The van der Waals surface area contributed by atoms with Crippen molar-refractivity contribution in [1.29, 1.82) is 0 Å². The van der Waals surface area contributed by atoms with Gasteiger partial charge in [0, 0.05) is 39.8 Å². The Bertz CT molecular complexity index is 1170. The van der Waals surface area contributed by atoms with Gasteiger partial charge in [0.2, 0.25) is 0 Å². The molecule has 4 rings (SSSR count). The van der Waals surface area contributed by atoms with Crippen molar-refractivity contribution in [2.45, 2.75) is 13.1 Å². The molecule has 10 heteroatoms. The van der Waals surface area contributed by atoms with Gasteiger partial charge in [-0.2, -0.15) is 0 Å². The molecule has 1 N–H and O–H groups in total. The Kier molecular flexibility index (Phi) is 5.52. The first-order valence-corrected chi connectivity index (χ1v) is 10.1. The van der Waals surface area contributed by atoms with Crippen molar-refractivity contribution in [2.24, 2.45) is 7.05 Å². The molecule has 0 amide bonds. The molecule has 0 unspecified atom stereocenters. The topological polar surface area (TPSA) is 79.2 Å². The van der Waals surface area contributed by atoms with Crippen LogP contribution in [0, 0.1) is 0 Å². The Hall–Kier alpha value is -2.13. The molecule has 1 fully saturated rings. The van der Waals surface area contributed by atoms with E-state index in [4.69, 9.17) is 23.2 Å². The van der Waals surface area contributed by atoms with Crippen LogP contribution < -0.4 is 11.2 Å². The molecule has 3 aromatic rings. The minimum atomic E-state index is -0.479. The molecule has 3 heterocycles. The van der Waals surface area contributed by atoms with Gasteiger partial charge in [-0.3, -0.25) is 19.2 Å². The Morgan fingerprint density at radius 2 is 1.76 bits per heavy atom. The lowest BCUT2D eigenvalue weighted by atomic mass is 10.2. The van der Waals surface area contributed by atoms with E-state index in [1.807, 2.05) is 10.6 Å². The minimum Gasteiger partial charge on any atom is -0.317 e. The summed E-state index contributed by atoms with van der Waals surface area (Å²) < 4.78 is 3.24. The first-order valence-electron chi connectivity index (χ1n) is 9.36. The predicted octanol–water partition coefficient (Wildman–Crippen LogP) is 1.53. The fourth-order valence-electron chi connectivity index (χ4n) is 3.60. The minimum absolute atomic E-state index is 0.377. The van der Waals surface area contributed by atoms with Crippen LogP contribution in [0.1, 0.15) is 11.4 Å². The second-order valence-electron chi connectivity index (χ2n) is 7.43. The maximum absolute atomic E-state index is 12.6. The maximum atomic E-state index is 12.6. The smallest absolute Gasteiger partial charge is 0.317 e. The van der Waals surface area contributed by atoms with Crippen molar-refractivity contribution >= 4 is 34.4 Å². The highest BCUT2D eigenvalue weighted by Crippen LogP contribution is 2.24. The van der Waals surface area contributed by atoms with Crippen molar-refractivity contribution in [3.05, 3.63) is 60.5 Å². The molecular formula is C19H22Cl2N6O2. The summed E-state index contributed by atoms with van der Waals surface area (Å²) in [6.45, 7) is 4.79. The fraction of sp³-hybridized carbons (Fsp3) is 0.421. The Morgan fingerprint density at radius 3 is 2.45 bits per heavy atom. The molecule has 0 bridgehead atoms.